The first-order chi connectivity index (χ1) is 53.2. The Bertz CT molecular complexity index is 2560. The molecule has 18 heteroatoms. The van der Waals surface area contributed by atoms with Crippen LogP contribution in [0.2, 0.25) is 0 Å². The Labute approximate surface area is 664 Å². The van der Waals surface area contributed by atoms with Gasteiger partial charge in [-0.1, -0.05) is 340 Å². The molecule has 0 heterocycles. The molecule has 4 N–H and O–H groups in total. The van der Waals surface area contributed by atoms with Gasteiger partial charge in [0.2, 0.25) is 0 Å². The SMILES string of the molecule is CC/C=C\C/C=C\C/C=C\C/C=C\C/C=C\C/C=C\CCCCCCCCCCCCCCCCCCC(=O)OCC(O)COP(=O)(O)OCC(O)COP(=O)(O)OCC(COC(=O)CCCCCCCCCCC/C=C\C/C=C\C/C=C\C/C=C\C/C=C\CC)OC(=O)CCCCCCC/C=C\CCCCCC. The fourth-order valence-corrected chi connectivity index (χ4v) is 13.1. The highest BCUT2D eigenvalue weighted by atomic mass is 31.2. The molecule has 5 unspecified atom stereocenters. The lowest BCUT2D eigenvalue weighted by Gasteiger charge is -2.21. The lowest BCUT2D eigenvalue weighted by Crippen LogP contribution is -2.30. The minimum absolute atomic E-state index is 0.0917. The molecule has 0 aromatic heterocycles. The summed E-state index contributed by atoms with van der Waals surface area (Å²) in [4.78, 5) is 58.7. The molecular formula is C91H156O16P2. The quantitative estimate of drug-likeness (QED) is 0.0146. The molecule has 0 aliphatic carbocycles. The number of phosphoric acid groups is 2. The number of unbranched alkanes of at least 4 members (excludes halogenated alkanes) is 34. The number of hydrogen-bond donors (Lipinski definition) is 4. The molecule has 0 aromatic carbocycles. The van der Waals surface area contributed by atoms with Crippen LogP contribution >= 0.6 is 15.6 Å². The summed E-state index contributed by atoms with van der Waals surface area (Å²) in [6.45, 7) is 2.45. The van der Waals surface area contributed by atoms with E-state index in [2.05, 4.69) is 167 Å². The van der Waals surface area contributed by atoms with Gasteiger partial charge >= 0.3 is 33.6 Å². The fraction of sp³-hybridized carbons (Fsp3) is 0.703. The van der Waals surface area contributed by atoms with Gasteiger partial charge in [0.05, 0.1) is 26.4 Å². The summed E-state index contributed by atoms with van der Waals surface area (Å²) in [5, 5.41) is 20.7. The minimum atomic E-state index is -4.94. The number of esters is 3. The van der Waals surface area contributed by atoms with Crippen LogP contribution in [0.3, 0.4) is 0 Å². The number of aliphatic hydroxyl groups is 2. The smallest absolute Gasteiger partial charge is 0.463 e. The second kappa shape index (κ2) is 82.9. The first-order valence-electron chi connectivity index (χ1n) is 43.1. The molecule has 0 aromatic rings. The Morgan fingerprint density at radius 1 is 0.266 bits per heavy atom. The monoisotopic (exact) mass is 1570 g/mol. The average molecular weight is 1570 g/mol. The van der Waals surface area contributed by atoms with Gasteiger partial charge in [-0.15, -0.1) is 0 Å². The Hall–Kier alpha value is -4.57. The molecule has 0 saturated carbocycles. The van der Waals surface area contributed by atoms with Crippen LogP contribution in [0.25, 0.3) is 0 Å². The van der Waals surface area contributed by atoms with E-state index < -0.39 is 91.5 Å². The van der Waals surface area contributed by atoms with Crippen LogP contribution in [0.4, 0.5) is 0 Å². The van der Waals surface area contributed by atoms with Crippen molar-refractivity contribution in [3.8, 4) is 0 Å². The van der Waals surface area contributed by atoms with E-state index in [1.807, 2.05) is 0 Å². The lowest BCUT2D eigenvalue weighted by molar-refractivity contribution is -0.161. The van der Waals surface area contributed by atoms with Gasteiger partial charge in [0, 0.05) is 19.3 Å². The van der Waals surface area contributed by atoms with Gasteiger partial charge in [0.25, 0.3) is 0 Å². The van der Waals surface area contributed by atoms with Gasteiger partial charge in [-0.05, 0) is 141 Å². The van der Waals surface area contributed by atoms with E-state index in [1.54, 1.807) is 0 Å². The molecule has 0 radical (unpaired) electrons. The Kier molecular flexibility index (Phi) is 79.4. The maximum absolute atomic E-state index is 13.0. The third-order valence-electron chi connectivity index (χ3n) is 18.0. The first-order valence-corrected chi connectivity index (χ1v) is 46.1. The van der Waals surface area contributed by atoms with E-state index in [0.29, 0.717) is 19.3 Å². The maximum Gasteiger partial charge on any atom is 0.472 e. The molecule has 0 aliphatic rings. The second-order valence-electron chi connectivity index (χ2n) is 28.6. The number of allylic oxidation sites excluding steroid dienone is 24. The van der Waals surface area contributed by atoms with Gasteiger partial charge in [0.15, 0.2) is 6.10 Å². The topological polar surface area (TPSA) is 231 Å². The highest BCUT2D eigenvalue weighted by Gasteiger charge is 2.29. The lowest BCUT2D eigenvalue weighted by atomic mass is 10.0. The van der Waals surface area contributed by atoms with Crippen LogP contribution in [-0.2, 0) is 55.8 Å². The molecule has 0 aliphatic heterocycles. The molecule has 0 saturated heterocycles. The largest absolute Gasteiger partial charge is 0.472 e. The molecule has 0 fully saturated rings. The molecule has 5 atom stereocenters. The van der Waals surface area contributed by atoms with Crippen molar-refractivity contribution >= 4 is 33.6 Å². The van der Waals surface area contributed by atoms with Crippen molar-refractivity contribution in [3.63, 3.8) is 0 Å². The Morgan fingerprint density at radius 3 is 0.780 bits per heavy atom. The van der Waals surface area contributed by atoms with Crippen LogP contribution in [0, 0.1) is 0 Å². The highest BCUT2D eigenvalue weighted by Crippen LogP contribution is 2.45. The summed E-state index contributed by atoms with van der Waals surface area (Å²) >= 11 is 0. The number of carbonyl (C=O) groups is 3. The van der Waals surface area contributed by atoms with E-state index in [4.69, 9.17) is 32.3 Å². The highest BCUT2D eigenvalue weighted by molar-refractivity contribution is 7.47. The molecule has 0 spiro atoms. The zero-order chi connectivity index (χ0) is 79.4. The van der Waals surface area contributed by atoms with Crippen molar-refractivity contribution in [2.75, 3.05) is 39.6 Å². The molecule has 16 nitrogen and oxygen atoms in total. The van der Waals surface area contributed by atoms with Gasteiger partial charge in [-0.25, -0.2) is 9.13 Å². The van der Waals surface area contributed by atoms with E-state index in [-0.39, 0.29) is 19.3 Å². The first kappa shape index (κ1) is 104. The summed E-state index contributed by atoms with van der Waals surface area (Å²) < 4.78 is 61.2. The minimum Gasteiger partial charge on any atom is -0.463 e. The van der Waals surface area contributed by atoms with E-state index >= 15 is 0 Å². The van der Waals surface area contributed by atoms with Crippen molar-refractivity contribution in [1.29, 1.82) is 0 Å². The normalized spacial score (nSPS) is 14.6. The molecule has 109 heavy (non-hydrogen) atoms. The standard InChI is InChI=1S/C91H156O16P2/c1-4-7-10-13-16-19-22-25-27-29-31-33-35-37-38-39-40-41-42-43-44-45-46-48-50-51-53-55-57-60-62-65-68-71-74-77-89(94)101-80-86(92)81-103-108(97,98)104-82-87(93)83-105-109(99,100)106-85-88(107-91(96)79-76-73-70-67-64-59-24-21-18-15-12-9-6-3)84-102-90(95)78-75-72-69-66-63-61-58-56-54-52-49-47-36-34-32-30-28-26-23-20-17-14-11-8-5-2/h7-8,10-11,16-17,19-21,24-28,31-34,37-38,40-41,47,49,86-88,92-93H,4-6,9,12-15,18,22-23,29-30,35-36,39,42-46,48,50-85H2,1-3H3,(H,97,98)(H,99,100)/b10-7-,11-8-,19-16-,20-17-,24-21-,27-25-,28-26-,33-31-,34-32-,38-37-,41-40-,49-47-. The van der Waals surface area contributed by atoms with Crippen molar-refractivity contribution in [1.82, 2.24) is 0 Å². The van der Waals surface area contributed by atoms with Gasteiger partial charge < -0.3 is 34.2 Å². The molecule has 0 rings (SSSR count). The third kappa shape index (κ3) is 84.2. The Balaban J connectivity index is 4.40. The predicted molar refractivity (Wildman–Crippen MR) is 454 cm³/mol. The van der Waals surface area contributed by atoms with Crippen molar-refractivity contribution in [3.05, 3.63) is 146 Å². The van der Waals surface area contributed by atoms with Crippen LogP contribution in [0.5, 0.6) is 0 Å². The van der Waals surface area contributed by atoms with E-state index in [9.17, 15) is 43.5 Å². The van der Waals surface area contributed by atoms with Crippen molar-refractivity contribution < 1.29 is 75.8 Å². The second-order valence-corrected chi connectivity index (χ2v) is 31.5. The predicted octanol–water partition coefficient (Wildman–Crippen LogP) is 26.0. The third-order valence-corrected chi connectivity index (χ3v) is 19.9. The fourth-order valence-electron chi connectivity index (χ4n) is 11.5. The number of rotatable bonds is 81. The van der Waals surface area contributed by atoms with Crippen LogP contribution < -0.4 is 0 Å². The molecule has 626 valence electrons. The van der Waals surface area contributed by atoms with Crippen molar-refractivity contribution in [2.45, 2.75) is 373 Å². The van der Waals surface area contributed by atoms with Crippen LogP contribution in [0.15, 0.2) is 146 Å². The summed E-state index contributed by atoms with van der Waals surface area (Å²) in [7, 11) is -9.80. The number of carbonyl (C=O) groups excluding carboxylic acids is 3. The van der Waals surface area contributed by atoms with Gasteiger partial charge in [0.1, 0.15) is 25.4 Å². The van der Waals surface area contributed by atoms with E-state index in [1.165, 1.54) is 135 Å². The zero-order valence-corrected chi connectivity index (χ0v) is 70.5. The number of aliphatic hydroxyl groups excluding tert-OH is 2. The molecule has 0 amide bonds. The molecular weight excluding hydrogens is 1410 g/mol. The maximum atomic E-state index is 13.0. The number of ether oxygens (including phenoxy) is 3. The summed E-state index contributed by atoms with van der Waals surface area (Å²) in [5.74, 6) is -1.58. The average Bonchev–Trinajstić information content (AvgIpc) is 0.905. The van der Waals surface area contributed by atoms with Crippen molar-refractivity contribution in [2.24, 2.45) is 0 Å². The van der Waals surface area contributed by atoms with E-state index in [0.717, 1.165) is 161 Å². The van der Waals surface area contributed by atoms with Crippen LogP contribution in [0.1, 0.15) is 355 Å². The summed E-state index contributed by atoms with van der Waals surface area (Å²) in [6.07, 6.45) is 103. The molecule has 0 bridgehead atoms. The van der Waals surface area contributed by atoms with Gasteiger partial charge in [-0.2, -0.15) is 0 Å². The van der Waals surface area contributed by atoms with Gasteiger partial charge in [-0.3, -0.25) is 32.5 Å². The summed E-state index contributed by atoms with van der Waals surface area (Å²) in [5.41, 5.74) is 0. The number of phosphoric ester groups is 2. The zero-order valence-electron chi connectivity index (χ0n) is 68.7. The summed E-state index contributed by atoms with van der Waals surface area (Å²) in [6, 6.07) is 0. The van der Waals surface area contributed by atoms with Crippen LogP contribution in [-0.4, -0.2) is 95.9 Å². The number of hydrogen-bond acceptors (Lipinski definition) is 14. The Morgan fingerprint density at radius 2 is 0.486 bits per heavy atom.